The van der Waals surface area contributed by atoms with Crippen LogP contribution >= 0.6 is 0 Å². The molecule has 3 N–H and O–H groups in total. The molecule has 0 spiro atoms. The summed E-state index contributed by atoms with van der Waals surface area (Å²) in [7, 11) is 3.54. The van der Waals surface area contributed by atoms with Gasteiger partial charge in [-0.1, -0.05) is 12.8 Å². The smallest absolute Gasteiger partial charge is 0.230 e. The standard InChI is InChI=1S/C12H23N3O2/c1-15(2)11(17)12(6-3-4-7-12)9-14-10(16)5-8-13/h3-9,13H2,1-2H3,(H,14,16). The molecule has 0 radical (unpaired) electrons. The van der Waals surface area contributed by atoms with Gasteiger partial charge in [-0.2, -0.15) is 0 Å². The van der Waals surface area contributed by atoms with Crippen LogP contribution in [0.25, 0.3) is 0 Å². The van der Waals surface area contributed by atoms with Gasteiger partial charge in [0.1, 0.15) is 0 Å². The summed E-state index contributed by atoms with van der Waals surface area (Å²) in [4.78, 5) is 25.2. The molecule has 1 fully saturated rings. The van der Waals surface area contributed by atoms with Crippen LogP contribution in [-0.4, -0.2) is 43.9 Å². The SMILES string of the molecule is CN(C)C(=O)C1(CNC(=O)CCN)CCCC1. The highest BCUT2D eigenvalue weighted by Crippen LogP contribution is 2.38. The molecule has 2 amide bonds. The molecule has 5 nitrogen and oxygen atoms in total. The number of hydrogen-bond acceptors (Lipinski definition) is 3. The van der Waals surface area contributed by atoms with Crippen LogP contribution in [0.1, 0.15) is 32.1 Å². The van der Waals surface area contributed by atoms with Crippen molar-refractivity contribution in [1.82, 2.24) is 10.2 Å². The molecule has 0 aromatic carbocycles. The summed E-state index contributed by atoms with van der Waals surface area (Å²) in [5, 5.41) is 2.84. The minimum atomic E-state index is -0.381. The summed E-state index contributed by atoms with van der Waals surface area (Å²) < 4.78 is 0. The van der Waals surface area contributed by atoms with Crippen LogP contribution < -0.4 is 11.1 Å². The van der Waals surface area contributed by atoms with Gasteiger partial charge in [-0.3, -0.25) is 9.59 Å². The topological polar surface area (TPSA) is 75.4 Å². The fourth-order valence-corrected chi connectivity index (χ4v) is 2.48. The van der Waals surface area contributed by atoms with E-state index in [1.165, 1.54) is 0 Å². The molecule has 0 saturated heterocycles. The molecule has 0 heterocycles. The maximum absolute atomic E-state index is 12.2. The second-order valence-electron chi connectivity index (χ2n) is 5.00. The van der Waals surface area contributed by atoms with Gasteiger partial charge in [0.25, 0.3) is 0 Å². The van der Waals surface area contributed by atoms with E-state index >= 15 is 0 Å². The highest BCUT2D eigenvalue weighted by atomic mass is 16.2. The van der Waals surface area contributed by atoms with Crippen molar-refractivity contribution < 1.29 is 9.59 Å². The Morgan fingerprint density at radius 3 is 2.35 bits per heavy atom. The Hall–Kier alpha value is -1.10. The van der Waals surface area contributed by atoms with Gasteiger partial charge in [-0.05, 0) is 12.8 Å². The summed E-state index contributed by atoms with van der Waals surface area (Å²) in [5.74, 6) is 0.0633. The predicted molar refractivity (Wildman–Crippen MR) is 66.3 cm³/mol. The van der Waals surface area contributed by atoms with E-state index in [2.05, 4.69) is 5.32 Å². The van der Waals surface area contributed by atoms with Gasteiger partial charge in [0.2, 0.25) is 11.8 Å². The molecule has 0 aromatic rings. The Morgan fingerprint density at radius 1 is 1.29 bits per heavy atom. The average Bonchev–Trinajstić information content (AvgIpc) is 2.75. The number of hydrogen-bond donors (Lipinski definition) is 2. The largest absolute Gasteiger partial charge is 0.355 e. The Bertz CT molecular complexity index is 283. The maximum Gasteiger partial charge on any atom is 0.230 e. The van der Waals surface area contributed by atoms with E-state index in [0.717, 1.165) is 25.7 Å². The minimum Gasteiger partial charge on any atom is -0.355 e. The first-order valence-electron chi connectivity index (χ1n) is 6.20. The number of amides is 2. The van der Waals surface area contributed by atoms with Crippen molar-refractivity contribution >= 4 is 11.8 Å². The lowest BCUT2D eigenvalue weighted by atomic mass is 9.84. The van der Waals surface area contributed by atoms with Crippen molar-refractivity contribution in [3.63, 3.8) is 0 Å². The molecule has 17 heavy (non-hydrogen) atoms. The normalized spacial score (nSPS) is 17.8. The zero-order valence-corrected chi connectivity index (χ0v) is 10.8. The van der Waals surface area contributed by atoms with Crippen LogP contribution in [-0.2, 0) is 9.59 Å². The van der Waals surface area contributed by atoms with E-state index in [9.17, 15) is 9.59 Å². The molecule has 0 bridgehead atoms. The number of nitrogens with two attached hydrogens (primary N) is 1. The number of nitrogens with zero attached hydrogens (tertiary/aromatic N) is 1. The quantitative estimate of drug-likeness (QED) is 0.717. The minimum absolute atomic E-state index is 0.0645. The first-order valence-corrected chi connectivity index (χ1v) is 6.20. The fourth-order valence-electron chi connectivity index (χ4n) is 2.48. The van der Waals surface area contributed by atoms with E-state index < -0.39 is 0 Å². The zero-order valence-electron chi connectivity index (χ0n) is 10.8. The number of carbonyl (C=O) groups is 2. The first-order chi connectivity index (χ1) is 8.02. The lowest BCUT2D eigenvalue weighted by Crippen LogP contribution is -2.46. The summed E-state index contributed by atoms with van der Waals surface area (Å²) in [6, 6.07) is 0. The van der Waals surface area contributed by atoms with Crippen LogP contribution in [0.2, 0.25) is 0 Å². The number of carbonyl (C=O) groups excluding carboxylic acids is 2. The molecule has 0 unspecified atom stereocenters. The van der Waals surface area contributed by atoms with Crippen LogP contribution in [0.4, 0.5) is 0 Å². The lowest BCUT2D eigenvalue weighted by Gasteiger charge is -2.30. The molecular weight excluding hydrogens is 218 g/mol. The molecule has 1 rings (SSSR count). The van der Waals surface area contributed by atoms with Crippen LogP contribution in [0.3, 0.4) is 0 Å². The summed E-state index contributed by atoms with van der Waals surface area (Å²) in [5.41, 5.74) is 4.94. The fraction of sp³-hybridized carbons (Fsp3) is 0.833. The second-order valence-corrected chi connectivity index (χ2v) is 5.00. The van der Waals surface area contributed by atoms with Gasteiger partial charge in [-0.15, -0.1) is 0 Å². The molecule has 0 aliphatic heterocycles. The lowest BCUT2D eigenvalue weighted by molar-refractivity contribution is -0.139. The van der Waals surface area contributed by atoms with Crippen molar-refractivity contribution in [2.24, 2.45) is 11.1 Å². The van der Waals surface area contributed by atoms with Gasteiger partial charge in [-0.25, -0.2) is 0 Å². The molecule has 1 aliphatic carbocycles. The highest BCUT2D eigenvalue weighted by Gasteiger charge is 2.42. The Labute approximate surface area is 103 Å². The number of nitrogens with one attached hydrogen (secondary N) is 1. The van der Waals surface area contributed by atoms with Crippen LogP contribution in [0.15, 0.2) is 0 Å². The van der Waals surface area contributed by atoms with Crippen molar-refractivity contribution in [3.8, 4) is 0 Å². The van der Waals surface area contributed by atoms with E-state index in [0.29, 0.717) is 19.5 Å². The van der Waals surface area contributed by atoms with Gasteiger partial charge >= 0.3 is 0 Å². The molecular formula is C12H23N3O2. The number of rotatable bonds is 5. The first kappa shape index (κ1) is 14.0. The van der Waals surface area contributed by atoms with Gasteiger partial charge in [0, 0.05) is 33.6 Å². The molecule has 98 valence electrons. The Kier molecular flexibility index (Phi) is 4.93. The van der Waals surface area contributed by atoms with Crippen molar-refractivity contribution in [3.05, 3.63) is 0 Å². The molecule has 1 aliphatic rings. The maximum atomic E-state index is 12.2. The van der Waals surface area contributed by atoms with E-state index in [1.54, 1.807) is 19.0 Å². The van der Waals surface area contributed by atoms with Crippen LogP contribution in [0.5, 0.6) is 0 Å². The Balaban J connectivity index is 2.60. The highest BCUT2D eigenvalue weighted by molar-refractivity contribution is 5.84. The molecule has 0 aromatic heterocycles. The Morgan fingerprint density at radius 2 is 1.88 bits per heavy atom. The van der Waals surface area contributed by atoms with Crippen molar-refractivity contribution in [1.29, 1.82) is 0 Å². The monoisotopic (exact) mass is 241 g/mol. The van der Waals surface area contributed by atoms with Gasteiger partial charge in [0.15, 0.2) is 0 Å². The summed E-state index contributed by atoms with van der Waals surface area (Å²) in [6.45, 7) is 0.795. The predicted octanol–water partition coefficient (Wildman–Crippen LogP) is 0.100. The zero-order chi connectivity index (χ0) is 12.9. The van der Waals surface area contributed by atoms with E-state index in [4.69, 9.17) is 5.73 Å². The van der Waals surface area contributed by atoms with Gasteiger partial charge in [0.05, 0.1) is 5.41 Å². The molecule has 0 atom stereocenters. The van der Waals surface area contributed by atoms with E-state index in [1.807, 2.05) is 0 Å². The summed E-state index contributed by atoms with van der Waals surface area (Å²) >= 11 is 0. The summed E-state index contributed by atoms with van der Waals surface area (Å²) in [6.07, 6.45) is 4.19. The molecule has 1 saturated carbocycles. The van der Waals surface area contributed by atoms with Crippen molar-refractivity contribution in [2.45, 2.75) is 32.1 Å². The second kappa shape index (κ2) is 6.00. The van der Waals surface area contributed by atoms with Gasteiger partial charge < -0.3 is 16.0 Å². The van der Waals surface area contributed by atoms with Crippen LogP contribution in [0, 0.1) is 5.41 Å². The third kappa shape index (κ3) is 3.43. The van der Waals surface area contributed by atoms with E-state index in [-0.39, 0.29) is 17.2 Å². The van der Waals surface area contributed by atoms with Crippen molar-refractivity contribution in [2.75, 3.05) is 27.2 Å². The average molecular weight is 241 g/mol. The third-order valence-electron chi connectivity index (χ3n) is 3.42. The molecule has 5 heteroatoms. The third-order valence-corrected chi connectivity index (χ3v) is 3.42.